The van der Waals surface area contributed by atoms with Crippen LogP contribution in [-0.2, 0) is 14.8 Å². The van der Waals surface area contributed by atoms with Crippen LogP contribution in [0.4, 0.5) is 15.0 Å². The van der Waals surface area contributed by atoms with Gasteiger partial charge in [0, 0.05) is 42.5 Å². The molecule has 1 fully saturated rings. The maximum Gasteiger partial charge on any atom is 0.410 e. The summed E-state index contributed by atoms with van der Waals surface area (Å²) in [6.07, 6.45) is 2.34. The number of nitrogens with zero attached hydrogens (tertiary/aromatic N) is 5. The van der Waals surface area contributed by atoms with Crippen molar-refractivity contribution in [1.82, 2.24) is 18.8 Å². The number of anilines is 1. The van der Waals surface area contributed by atoms with Crippen molar-refractivity contribution in [1.29, 1.82) is 0 Å². The van der Waals surface area contributed by atoms with Crippen molar-refractivity contribution in [2.24, 2.45) is 0 Å². The second-order valence-corrected chi connectivity index (χ2v) is 13.3. The first kappa shape index (κ1) is 28.5. The van der Waals surface area contributed by atoms with Gasteiger partial charge in [-0.15, -0.1) is 0 Å². The minimum Gasteiger partial charge on any atom is -0.444 e. The number of aryl methyl sites for hydroxylation is 1. The van der Waals surface area contributed by atoms with E-state index in [0.29, 0.717) is 29.9 Å². The first-order chi connectivity index (χ1) is 19.3. The number of hydrogen-bond donors (Lipinski definition) is 0. The highest BCUT2D eigenvalue weighted by Gasteiger charge is 2.37. The molecule has 3 heterocycles. The van der Waals surface area contributed by atoms with Crippen LogP contribution in [0.3, 0.4) is 0 Å². The van der Waals surface area contributed by atoms with Gasteiger partial charge >= 0.3 is 6.09 Å². The molecule has 1 saturated heterocycles. The van der Waals surface area contributed by atoms with Crippen LogP contribution in [0.15, 0.2) is 66.0 Å². The van der Waals surface area contributed by atoms with E-state index in [1.54, 1.807) is 47.4 Å². The van der Waals surface area contributed by atoms with E-state index >= 15 is 4.39 Å². The zero-order valence-electron chi connectivity index (χ0n) is 24.0. The average molecular weight is 580 g/mol. The van der Waals surface area contributed by atoms with E-state index in [0.717, 1.165) is 9.54 Å². The molecule has 0 unspecified atom stereocenters. The Kier molecular flexibility index (Phi) is 7.27. The number of hydrogen-bond acceptors (Lipinski definition) is 7. The normalized spacial score (nSPS) is 18.1. The molecule has 0 N–H and O–H groups in total. The summed E-state index contributed by atoms with van der Waals surface area (Å²) in [4.78, 5) is 25.7. The van der Waals surface area contributed by atoms with Gasteiger partial charge in [0.05, 0.1) is 10.3 Å². The third kappa shape index (κ3) is 5.38. The zero-order chi connectivity index (χ0) is 29.7. The summed E-state index contributed by atoms with van der Waals surface area (Å²) < 4.78 is 49.6. The molecule has 1 aliphatic rings. The van der Waals surface area contributed by atoms with Crippen LogP contribution in [0.25, 0.3) is 22.2 Å². The molecule has 1 aliphatic heterocycles. The quantitative estimate of drug-likeness (QED) is 0.310. The van der Waals surface area contributed by atoms with Crippen LogP contribution in [-0.4, -0.2) is 64.1 Å². The molecular weight excluding hydrogens is 545 g/mol. The third-order valence-electron chi connectivity index (χ3n) is 7.16. The van der Waals surface area contributed by atoms with E-state index in [1.165, 1.54) is 18.6 Å². The van der Waals surface area contributed by atoms with Crippen LogP contribution in [0.2, 0.25) is 0 Å². The first-order valence-corrected chi connectivity index (χ1v) is 14.9. The van der Waals surface area contributed by atoms with E-state index < -0.39 is 27.5 Å². The Morgan fingerprint density at radius 3 is 2.32 bits per heavy atom. The molecule has 1 amide bonds. The molecule has 11 heteroatoms. The fourth-order valence-electron chi connectivity index (χ4n) is 5.12. The molecule has 2 aromatic heterocycles. The molecule has 9 nitrogen and oxygen atoms in total. The van der Waals surface area contributed by atoms with Gasteiger partial charge in [-0.1, -0.05) is 35.9 Å². The van der Waals surface area contributed by atoms with E-state index in [1.807, 2.05) is 46.4 Å². The lowest BCUT2D eigenvalue weighted by atomic mass is 10.0. The number of rotatable bonds is 4. The molecule has 4 aromatic rings. The lowest BCUT2D eigenvalue weighted by molar-refractivity contribution is 0.0130. The molecule has 216 valence electrons. The van der Waals surface area contributed by atoms with Crippen molar-refractivity contribution >= 4 is 33.0 Å². The summed E-state index contributed by atoms with van der Waals surface area (Å²) in [5, 5.41) is 0.415. The van der Waals surface area contributed by atoms with E-state index in [4.69, 9.17) is 4.74 Å². The zero-order valence-corrected chi connectivity index (χ0v) is 24.8. The van der Waals surface area contributed by atoms with Crippen molar-refractivity contribution in [3.05, 3.63) is 72.4 Å². The van der Waals surface area contributed by atoms with Crippen molar-refractivity contribution in [3.8, 4) is 11.1 Å². The highest BCUT2D eigenvalue weighted by atomic mass is 32.2. The Morgan fingerprint density at radius 2 is 1.66 bits per heavy atom. The molecule has 0 aliphatic carbocycles. The summed E-state index contributed by atoms with van der Waals surface area (Å²) in [5.74, 6) is -0.0282. The van der Waals surface area contributed by atoms with Gasteiger partial charge < -0.3 is 14.5 Å². The monoisotopic (exact) mass is 579 g/mol. The molecule has 0 radical (unpaired) electrons. The number of carbonyl (C=O) groups is 1. The van der Waals surface area contributed by atoms with E-state index in [-0.39, 0.29) is 28.2 Å². The molecule has 5 rings (SSSR count). The number of aromatic nitrogens is 3. The number of halogens is 1. The predicted octanol–water partition coefficient (Wildman–Crippen LogP) is 5.62. The molecule has 0 spiro atoms. The van der Waals surface area contributed by atoms with Gasteiger partial charge in [-0.3, -0.25) is 0 Å². The summed E-state index contributed by atoms with van der Waals surface area (Å²) in [7, 11) is -4.08. The minimum atomic E-state index is -4.08. The van der Waals surface area contributed by atoms with Crippen LogP contribution >= 0.6 is 0 Å². The highest BCUT2D eigenvalue weighted by molar-refractivity contribution is 7.90. The molecule has 2 atom stereocenters. The van der Waals surface area contributed by atoms with Crippen LogP contribution in [0.5, 0.6) is 0 Å². The van der Waals surface area contributed by atoms with Crippen LogP contribution in [0, 0.1) is 12.7 Å². The van der Waals surface area contributed by atoms with Crippen molar-refractivity contribution in [2.75, 3.05) is 18.0 Å². The van der Waals surface area contributed by atoms with Crippen molar-refractivity contribution in [2.45, 2.75) is 64.1 Å². The summed E-state index contributed by atoms with van der Waals surface area (Å²) in [6, 6.07) is 12.3. The van der Waals surface area contributed by atoms with Gasteiger partial charge in [-0.2, -0.15) is 0 Å². The topological polar surface area (TPSA) is 97.6 Å². The van der Waals surface area contributed by atoms with Crippen molar-refractivity contribution in [3.63, 3.8) is 0 Å². The van der Waals surface area contributed by atoms with Gasteiger partial charge in [-0.25, -0.2) is 31.5 Å². The molecule has 0 bridgehead atoms. The van der Waals surface area contributed by atoms with Crippen LogP contribution < -0.4 is 4.90 Å². The SMILES string of the molecule is Cc1ccc(S(=O)(=O)n2cc(-c3ccccc3F)c3c(N4C[C@H](C)N(C(=O)OC(C)(C)C)C[C@H]4C)ncnc32)cc1. The highest BCUT2D eigenvalue weighted by Crippen LogP contribution is 2.39. The van der Waals surface area contributed by atoms with Crippen molar-refractivity contribution < 1.29 is 22.3 Å². The lowest BCUT2D eigenvalue weighted by Crippen LogP contribution is -2.59. The number of ether oxygens (including phenoxy) is 1. The first-order valence-electron chi connectivity index (χ1n) is 13.5. The number of carbonyl (C=O) groups excluding carboxylic acids is 1. The molecular formula is C30H34FN5O4S. The van der Waals surface area contributed by atoms with Gasteiger partial charge in [-0.05, 0) is 59.7 Å². The largest absolute Gasteiger partial charge is 0.444 e. The van der Waals surface area contributed by atoms with Gasteiger partial charge in [0.15, 0.2) is 5.65 Å². The van der Waals surface area contributed by atoms with Crippen LogP contribution in [0.1, 0.15) is 40.2 Å². The number of piperazine rings is 1. The Hall–Kier alpha value is -3.99. The Morgan fingerprint density at radius 1 is 0.976 bits per heavy atom. The Bertz CT molecular complexity index is 1710. The summed E-state index contributed by atoms with van der Waals surface area (Å²) in [6.45, 7) is 12.0. The maximum atomic E-state index is 15.2. The molecule has 41 heavy (non-hydrogen) atoms. The molecule has 2 aromatic carbocycles. The fourth-order valence-corrected chi connectivity index (χ4v) is 6.44. The summed E-state index contributed by atoms with van der Waals surface area (Å²) in [5.41, 5.74) is 1.03. The lowest BCUT2D eigenvalue weighted by Gasteiger charge is -2.44. The predicted molar refractivity (Wildman–Crippen MR) is 156 cm³/mol. The smallest absolute Gasteiger partial charge is 0.410 e. The second kappa shape index (κ2) is 10.4. The third-order valence-corrected chi connectivity index (χ3v) is 8.82. The molecule has 0 saturated carbocycles. The number of fused-ring (bicyclic) bond motifs is 1. The average Bonchev–Trinajstić information content (AvgIpc) is 3.30. The number of amides is 1. The van der Waals surface area contributed by atoms with Gasteiger partial charge in [0.2, 0.25) is 0 Å². The summed E-state index contributed by atoms with van der Waals surface area (Å²) >= 11 is 0. The van der Waals surface area contributed by atoms with Gasteiger partial charge in [0.25, 0.3) is 10.0 Å². The van der Waals surface area contributed by atoms with Gasteiger partial charge in [0.1, 0.15) is 23.6 Å². The second-order valence-electron chi connectivity index (χ2n) is 11.5. The number of benzene rings is 2. The Balaban J connectivity index is 1.66. The maximum absolute atomic E-state index is 15.2. The standard InChI is InChI=1S/C30H34FN5O4S/c1-19-11-13-22(14-12-19)41(38,39)36-17-24(23-9-7-8-10-25(23)31)26-27(32-18-33-28(26)36)34-15-21(3)35(16-20(34)2)29(37)40-30(4,5)6/h7-14,17-18,20-21H,15-16H2,1-6H3/t20-,21+/m1/s1. The van der Waals surface area contributed by atoms with E-state index in [2.05, 4.69) is 9.97 Å². The van der Waals surface area contributed by atoms with E-state index in [9.17, 15) is 13.2 Å². The fraction of sp³-hybridized carbons (Fsp3) is 0.367. The Labute approximate surface area is 239 Å². The minimum absolute atomic E-state index is 0.0909.